The molecule has 126 valence electrons. The Morgan fingerprint density at radius 2 is 2.05 bits per heavy atom. The Morgan fingerprint density at radius 1 is 1.33 bits per heavy atom. The van der Waals surface area contributed by atoms with Crippen LogP contribution in [0.4, 0.5) is 0 Å². The van der Waals surface area contributed by atoms with Crippen molar-refractivity contribution in [3.05, 3.63) is 0 Å². The molecular formula is C13H28NO5PS. The van der Waals surface area contributed by atoms with E-state index in [2.05, 4.69) is 5.32 Å². The third-order valence-corrected chi connectivity index (χ3v) is 4.55. The van der Waals surface area contributed by atoms with Crippen molar-refractivity contribution in [3.8, 4) is 0 Å². The number of amides is 1. The van der Waals surface area contributed by atoms with E-state index in [9.17, 15) is 14.8 Å². The van der Waals surface area contributed by atoms with Crippen LogP contribution in [-0.2, 0) is 25.6 Å². The third-order valence-electron chi connectivity index (χ3n) is 2.86. The first-order valence-corrected chi connectivity index (χ1v) is 10.0. The summed E-state index contributed by atoms with van der Waals surface area (Å²) >= 11 is 4.81. The summed E-state index contributed by atoms with van der Waals surface area (Å²) in [5.41, 5.74) is 0. The van der Waals surface area contributed by atoms with Crippen LogP contribution in [0, 0.1) is 5.92 Å². The first-order chi connectivity index (χ1) is 9.95. The van der Waals surface area contributed by atoms with E-state index in [4.69, 9.17) is 20.9 Å². The summed E-state index contributed by atoms with van der Waals surface area (Å²) in [6.07, 6.45) is 3.88. The van der Waals surface area contributed by atoms with Crippen LogP contribution in [0.1, 0.15) is 46.0 Å². The molecule has 0 spiro atoms. The highest BCUT2D eigenvalue weighted by molar-refractivity contribution is 8.07. The molecule has 3 N–H and O–H groups in total. The molecule has 21 heavy (non-hydrogen) atoms. The van der Waals surface area contributed by atoms with E-state index in [-0.39, 0.29) is 25.0 Å². The minimum Gasteiger partial charge on any atom is -0.396 e. The highest BCUT2D eigenvalue weighted by atomic mass is 32.5. The van der Waals surface area contributed by atoms with Crippen LogP contribution in [-0.4, -0.2) is 42.3 Å². The Labute approximate surface area is 132 Å². The lowest BCUT2D eigenvalue weighted by molar-refractivity contribution is -0.121. The average Bonchev–Trinajstić information content (AvgIpc) is 2.42. The Balaban J connectivity index is 3.75. The van der Waals surface area contributed by atoms with Crippen LogP contribution < -0.4 is 5.32 Å². The van der Waals surface area contributed by atoms with Gasteiger partial charge in [0.25, 0.3) is 0 Å². The zero-order valence-corrected chi connectivity index (χ0v) is 14.6. The van der Waals surface area contributed by atoms with Crippen LogP contribution in [0.5, 0.6) is 0 Å². The van der Waals surface area contributed by atoms with Gasteiger partial charge in [-0.25, -0.2) is 0 Å². The summed E-state index contributed by atoms with van der Waals surface area (Å²) in [5.74, 6) is 0.00324. The molecular weight excluding hydrogens is 313 g/mol. The predicted molar refractivity (Wildman–Crippen MR) is 86.4 cm³/mol. The van der Waals surface area contributed by atoms with Crippen LogP contribution in [0.2, 0.25) is 0 Å². The number of hydrogen-bond acceptors (Lipinski definition) is 5. The third kappa shape index (κ3) is 12.2. The first-order valence-electron chi connectivity index (χ1n) is 7.44. The van der Waals surface area contributed by atoms with E-state index in [1.165, 1.54) is 0 Å². The second kappa shape index (κ2) is 12.5. The molecule has 1 amide bonds. The number of nitrogens with one attached hydrogen (secondary N) is 1. The van der Waals surface area contributed by atoms with Gasteiger partial charge in [0.15, 0.2) is 0 Å². The van der Waals surface area contributed by atoms with Crippen molar-refractivity contribution < 1.29 is 23.8 Å². The van der Waals surface area contributed by atoms with E-state index >= 15 is 0 Å². The van der Waals surface area contributed by atoms with Gasteiger partial charge in [-0.15, -0.1) is 0 Å². The number of hydrogen-bond donors (Lipinski definition) is 3. The van der Waals surface area contributed by atoms with E-state index < -0.39 is 6.72 Å². The van der Waals surface area contributed by atoms with Crippen LogP contribution >= 0.6 is 6.72 Å². The summed E-state index contributed by atoms with van der Waals surface area (Å²) in [7, 11) is 0. The number of rotatable bonds is 13. The second-order valence-electron chi connectivity index (χ2n) is 4.83. The highest BCUT2D eigenvalue weighted by Gasteiger charge is 2.17. The maximum atomic E-state index is 11.2. The zero-order valence-electron chi connectivity index (χ0n) is 12.9. The lowest BCUT2D eigenvalue weighted by Crippen LogP contribution is -2.24. The molecule has 0 aromatic rings. The minimum atomic E-state index is -3.16. The minimum absolute atomic E-state index is 0.0242. The Kier molecular flexibility index (Phi) is 12.5. The highest BCUT2D eigenvalue weighted by Crippen LogP contribution is 2.43. The molecule has 2 atom stereocenters. The Bertz CT molecular complexity index is 330. The van der Waals surface area contributed by atoms with E-state index in [1.807, 2.05) is 6.92 Å². The maximum absolute atomic E-state index is 11.2. The standard InChI is InChI=1S/C13H28NO5PS/c1-3-7-13(16)14-9-6-5-8-12(10-15)11-19-20(17,21)18-4-2/h12,15H,3-11H2,1-2H3,(H,14,16)(H,17,21). The fourth-order valence-electron chi connectivity index (χ4n) is 1.73. The number of carbonyl (C=O) groups excluding carboxylic acids is 1. The molecule has 8 heteroatoms. The number of carbonyl (C=O) groups is 1. The van der Waals surface area contributed by atoms with E-state index in [0.717, 1.165) is 25.7 Å². The SMILES string of the molecule is CCCC(=O)NCCCCC(CO)COP(O)(=S)OCC. The van der Waals surface area contributed by atoms with Gasteiger partial charge in [-0.2, -0.15) is 0 Å². The van der Waals surface area contributed by atoms with Gasteiger partial charge in [0.1, 0.15) is 0 Å². The first kappa shape index (κ1) is 21.0. The van der Waals surface area contributed by atoms with Gasteiger partial charge in [-0.05, 0) is 38.0 Å². The normalized spacial score (nSPS) is 15.4. The van der Waals surface area contributed by atoms with Gasteiger partial charge in [-0.1, -0.05) is 13.3 Å². The molecule has 0 rings (SSSR count). The van der Waals surface area contributed by atoms with Gasteiger partial charge in [0, 0.05) is 25.5 Å². The average molecular weight is 341 g/mol. The molecule has 0 fully saturated rings. The molecule has 0 aliphatic heterocycles. The molecule has 6 nitrogen and oxygen atoms in total. The molecule has 0 aromatic carbocycles. The fraction of sp³-hybridized carbons (Fsp3) is 0.923. The Morgan fingerprint density at radius 3 is 2.62 bits per heavy atom. The van der Waals surface area contributed by atoms with Crippen molar-refractivity contribution in [2.45, 2.75) is 46.0 Å². The summed E-state index contributed by atoms with van der Waals surface area (Å²) in [6, 6.07) is 0. The number of aliphatic hydroxyl groups excluding tert-OH is 1. The van der Waals surface area contributed by atoms with Crippen molar-refractivity contribution in [1.82, 2.24) is 5.32 Å². The van der Waals surface area contributed by atoms with Crippen molar-refractivity contribution in [2.75, 3.05) is 26.4 Å². The van der Waals surface area contributed by atoms with Gasteiger partial charge >= 0.3 is 6.72 Å². The lowest BCUT2D eigenvalue weighted by atomic mass is 10.0. The predicted octanol–water partition coefficient (Wildman–Crippen LogP) is 1.95. The van der Waals surface area contributed by atoms with Crippen molar-refractivity contribution >= 4 is 24.4 Å². The molecule has 0 aliphatic rings. The Hall–Kier alpha value is -0.0400. The summed E-state index contributed by atoms with van der Waals surface area (Å²) in [4.78, 5) is 20.9. The van der Waals surface area contributed by atoms with Crippen molar-refractivity contribution in [2.24, 2.45) is 5.92 Å². The topological polar surface area (TPSA) is 88.0 Å². The van der Waals surface area contributed by atoms with Gasteiger partial charge in [-0.3, -0.25) is 4.79 Å². The van der Waals surface area contributed by atoms with Crippen LogP contribution in [0.15, 0.2) is 0 Å². The summed E-state index contributed by atoms with van der Waals surface area (Å²) in [5, 5.41) is 12.1. The lowest BCUT2D eigenvalue weighted by Gasteiger charge is -2.19. The van der Waals surface area contributed by atoms with Crippen LogP contribution in [0.25, 0.3) is 0 Å². The fourth-order valence-corrected chi connectivity index (χ4v) is 3.03. The van der Waals surface area contributed by atoms with E-state index in [0.29, 0.717) is 19.6 Å². The smallest absolute Gasteiger partial charge is 0.324 e. The van der Waals surface area contributed by atoms with Crippen LogP contribution in [0.3, 0.4) is 0 Å². The number of aliphatic hydroxyl groups is 1. The van der Waals surface area contributed by atoms with E-state index in [1.54, 1.807) is 6.92 Å². The molecule has 0 saturated heterocycles. The van der Waals surface area contributed by atoms with Gasteiger partial charge in [0.2, 0.25) is 5.91 Å². The van der Waals surface area contributed by atoms with Gasteiger partial charge in [0.05, 0.1) is 13.2 Å². The quantitative estimate of drug-likeness (QED) is 0.351. The maximum Gasteiger partial charge on any atom is 0.324 e. The van der Waals surface area contributed by atoms with Gasteiger partial charge < -0.3 is 24.4 Å². The molecule has 0 aliphatic carbocycles. The number of unbranched alkanes of at least 4 members (excludes halogenated alkanes) is 1. The van der Waals surface area contributed by atoms with Crippen molar-refractivity contribution in [3.63, 3.8) is 0 Å². The summed E-state index contributed by atoms with van der Waals surface area (Å²) < 4.78 is 10.1. The molecule has 0 saturated carbocycles. The molecule has 2 unspecified atom stereocenters. The largest absolute Gasteiger partial charge is 0.396 e. The van der Waals surface area contributed by atoms with Crippen molar-refractivity contribution in [1.29, 1.82) is 0 Å². The zero-order chi connectivity index (χ0) is 16.1. The molecule has 0 aromatic heterocycles. The molecule has 0 heterocycles. The summed E-state index contributed by atoms with van der Waals surface area (Å²) in [6.45, 7) is 1.65. The second-order valence-corrected chi connectivity index (χ2v) is 7.66. The molecule has 0 radical (unpaired) electrons. The molecule has 0 bridgehead atoms. The monoisotopic (exact) mass is 341 g/mol.